The number of hydrogen-bond acceptors (Lipinski definition) is 4. The third-order valence-corrected chi connectivity index (χ3v) is 6.06. The second-order valence-electron chi connectivity index (χ2n) is 8.51. The van der Waals surface area contributed by atoms with Crippen LogP contribution >= 0.6 is 0 Å². The Morgan fingerprint density at radius 1 is 1.13 bits per heavy atom. The summed E-state index contributed by atoms with van der Waals surface area (Å²) in [5.41, 5.74) is 6.79. The molecule has 5 aromatic rings. The van der Waals surface area contributed by atoms with Gasteiger partial charge in [-0.05, 0) is 61.5 Å². The van der Waals surface area contributed by atoms with E-state index in [-0.39, 0.29) is 11.7 Å². The second kappa shape index (κ2) is 10.6. The minimum Gasteiger partial charge on any atom is -0.435 e. The lowest BCUT2D eigenvalue weighted by molar-refractivity contribution is -0.750. The van der Waals surface area contributed by atoms with Crippen molar-refractivity contribution < 1.29 is 23.0 Å². The van der Waals surface area contributed by atoms with Gasteiger partial charge >= 0.3 is 6.61 Å². The molecule has 3 aromatic carbocycles. The number of alkyl halides is 2. The number of nitrogens with zero attached hydrogens (tertiary/aromatic N) is 5. The number of hydrazone groups is 1. The lowest BCUT2D eigenvalue weighted by Crippen LogP contribution is -2.37. The first kappa shape index (κ1) is 24.8. The van der Waals surface area contributed by atoms with Gasteiger partial charge in [0.25, 0.3) is 5.91 Å². The molecule has 0 radical (unpaired) electrons. The molecule has 0 unspecified atom stereocenters. The smallest absolute Gasteiger partial charge is 0.387 e. The van der Waals surface area contributed by atoms with E-state index in [1.165, 1.54) is 18.3 Å². The van der Waals surface area contributed by atoms with Gasteiger partial charge < -0.3 is 4.74 Å². The number of fused-ring (bicyclic) bond motifs is 1. The maximum atomic E-state index is 12.8. The van der Waals surface area contributed by atoms with Gasteiger partial charge in [0.1, 0.15) is 17.0 Å². The van der Waals surface area contributed by atoms with E-state index >= 15 is 0 Å². The molecule has 0 atom stereocenters. The maximum Gasteiger partial charge on any atom is 0.387 e. The van der Waals surface area contributed by atoms with Gasteiger partial charge in [-0.2, -0.15) is 23.7 Å². The normalized spacial score (nSPS) is 11.5. The highest BCUT2D eigenvalue weighted by atomic mass is 19.3. The molecule has 0 aliphatic rings. The first-order valence-corrected chi connectivity index (χ1v) is 12.0. The highest BCUT2D eigenvalue weighted by Gasteiger charge is 2.15. The zero-order chi connectivity index (χ0) is 26.6. The molecule has 38 heavy (non-hydrogen) atoms. The molecule has 0 fully saturated rings. The van der Waals surface area contributed by atoms with Crippen molar-refractivity contribution in [1.82, 2.24) is 19.9 Å². The summed E-state index contributed by atoms with van der Waals surface area (Å²) >= 11 is 0. The van der Waals surface area contributed by atoms with Crippen LogP contribution in [-0.2, 0) is 13.6 Å². The van der Waals surface area contributed by atoms with Crippen molar-refractivity contribution in [3.63, 3.8) is 0 Å². The van der Waals surface area contributed by atoms with Gasteiger partial charge in [-0.15, -0.1) is 4.68 Å². The number of aromatic nitrogens is 4. The van der Waals surface area contributed by atoms with Crippen molar-refractivity contribution >= 4 is 23.0 Å². The number of hydrogen-bond donors (Lipinski definition) is 1. The highest BCUT2D eigenvalue weighted by molar-refractivity contribution is 5.98. The molecule has 2 aromatic heterocycles. The van der Waals surface area contributed by atoms with Crippen LogP contribution < -0.4 is 14.8 Å². The van der Waals surface area contributed by atoms with Crippen molar-refractivity contribution in [3.05, 3.63) is 96.3 Å². The van der Waals surface area contributed by atoms with Crippen LogP contribution in [0, 0.1) is 0 Å². The molecule has 0 saturated heterocycles. The summed E-state index contributed by atoms with van der Waals surface area (Å²) in [6.45, 7) is -0.0230. The number of carbonyl (C=O) groups is 1. The van der Waals surface area contributed by atoms with Crippen LogP contribution in [0.25, 0.3) is 27.8 Å². The van der Waals surface area contributed by atoms with Crippen molar-refractivity contribution in [2.45, 2.75) is 20.1 Å². The summed E-state index contributed by atoms with van der Waals surface area (Å²) in [4.78, 5) is 12.8. The third kappa shape index (κ3) is 5.15. The number of nitrogens with one attached hydrogen (secondary N) is 1. The highest BCUT2D eigenvalue weighted by Crippen LogP contribution is 2.26. The Balaban J connectivity index is 1.41. The Morgan fingerprint density at radius 3 is 2.61 bits per heavy atom. The number of para-hydroxylation sites is 1. The molecule has 10 heteroatoms. The Kier molecular flexibility index (Phi) is 6.94. The van der Waals surface area contributed by atoms with Gasteiger partial charge in [0.2, 0.25) is 6.20 Å². The van der Waals surface area contributed by atoms with E-state index in [1.807, 2.05) is 60.4 Å². The van der Waals surface area contributed by atoms with Gasteiger partial charge in [0.15, 0.2) is 7.05 Å². The molecule has 0 bridgehead atoms. The standard InChI is InChI=1S/C28H24F2N6O2/c1-3-36-25-14-11-20(15-21(25)17-34(36)2)27(37)32-31-16-22-18-35(23-7-5-4-6-8-23)33-26(22)19-9-12-24(13-10-19)38-28(29)30/h4-18,28H,3H2,1-2H3/p+1/b31-16-. The zero-order valence-corrected chi connectivity index (χ0v) is 20.8. The fourth-order valence-corrected chi connectivity index (χ4v) is 4.31. The van der Waals surface area contributed by atoms with Crippen LogP contribution in [0.3, 0.4) is 0 Å². The van der Waals surface area contributed by atoms with Gasteiger partial charge in [0, 0.05) is 22.9 Å². The quantitative estimate of drug-likeness (QED) is 0.185. The Morgan fingerprint density at radius 2 is 1.89 bits per heavy atom. The van der Waals surface area contributed by atoms with E-state index in [4.69, 9.17) is 0 Å². The summed E-state index contributed by atoms with van der Waals surface area (Å²) in [7, 11) is 1.96. The number of benzene rings is 3. The number of carbonyl (C=O) groups excluding carboxylic acids is 1. The molecule has 192 valence electrons. The van der Waals surface area contributed by atoms with Crippen molar-refractivity contribution in [1.29, 1.82) is 0 Å². The predicted octanol–water partition coefficient (Wildman–Crippen LogP) is 4.70. The maximum absolute atomic E-state index is 12.8. The average molecular weight is 516 g/mol. The topological polar surface area (TPSA) is 77.3 Å². The lowest BCUT2D eigenvalue weighted by atomic mass is 10.1. The van der Waals surface area contributed by atoms with Crippen molar-refractivity contribution in [2.24, 2.45) is 12.1 Å². The molecule has 8 nitrogen and oxygen atoms in total. The molecular formula is C28H25F2N6O2+. The van der Waals surface area contributed by atoms with Gasteiger partial charge in [-0.1, -0.05) is 18.2 Å². The number of ether oxygens (including phenoxy) is 1. The third-order valence-electron chi connectivity index (χ3n) is 6.06. The van der Waals surface area contributed by atoms with E-state index in [9.17, 15) is 13.6 Å². The predicted molar refractivity (Wildman–Crippen MR) is 139 cm³/mol. The van der Waals surface area contributed by atoms with E-state index < -0.39 is 6.61 Å². The van der Waals surface area contributed by atoms with E-state index in [0.29, 0.717) is 22.4 Å². The minimum absolute atomic E-state index is 0.0496. The van der Waals surface area contributed by atoms with Crippen LogP contribution in [0.1, 0.15) is 22.8 Å². The van der Waals surface area contributed by atoms with Crippen LogP contribution in [0.4, 0.5) is 8.78 Å². The van der Waals surface area contributed by atoms with Crippen LogP contribution in [0.2, 0.25) is 0 Å². The summed E-state index contributed by atoms with van der Waals surface area (Å²) in [5, 5.41) is 9.80. The van der Waals surface area contributed by atoms with Gasteiger partial charge in [0.05, 0.1) is 23.8 Å². The second-order valence-corrected chi connectivity index (χ2v) is 8.51. The molecule has 1 N–H and O–H groups in total. The first-order chi connectivity index (χ1) is 18.4. The zero-order valence-electron chi connectivity index (χ0n) is 20.8. The SMILES string of the molecule is CCn1c2ccc(C(=O)N/N=C\c3cn(-c4ccccc4)nc3-c3ccc(OC(F)F)cc3)cc2c[n+]1C. The number of rotatable bonds is 8. The average Bonchev–Trinajstić information content (AvgIpc) is 3.48. The Labute approximate surface area is 217 Å². The number of halogens is 2. The summed E-state index contributed by atoms with van der Waals surface area (Å²) < 4.78 is 35.3. The largest absolute Gasteiger partial charge is 0.435 e. The fourth-order valence-electron chi connectivity index (χ4n) is 4.31. The van der Waals surface area contributed by atoms with E-state index in [0.717, 1.165) is 23.1 Å². The molecule has 0 saturated carbocycles. The molecule has 0 aliphatic carbocycles. The summed E-state index contributed by atoms with van der Waals surface area (Å²) in [6, 6.07) is 21.2. The molecule has 0 spiro atoms. The molecule has 5 rings (SSSR count). The number of amides is 1. The Bertz CT molecular complexity index is 1610. The molecular weight excluding hydrogens is 490 g/mol. The van der Waals surface area contributed by atoms with Gasteiger partial charge in [-0.25, -0.2) is 10.1 Å². The monoisotopic (exact) mass is 515 g/mol. The fraction of sp³-hybridized carbons (Fsp3) is 0.143. The van der Waals surface area contributed by atoms with Crippen LogP contribution in [0.15, 0.2) is 90.3 Å². The molecule has 2 heterocycles. The molecule has 0 aliphatic heterocycles. The Hall–Kier alpha value is -4.86. The summed E-state index contributed by atoms with van der Waals surface area (Å²) in [5.74, 6) is -0.297. The number of aryl methyl sites for hydroxylation is 2. The van der Waals surface area contributed by atoms with E-state index in [1.54, 1.807) is 29.1 Å². The molecule has 1 amide bonds. The van der Waals surface area contributed by atoms with Crippen LogP contribution in [-0.4, -0.2) is 33.2 Å². The first-order valence-electron chi connectivity index (χ1n) is 12.0. The van der Waals surface area contributed by atoms with Crippen molar-refractivity contribution in [2.75, 3.05) is 0 Å². The van der Waals surface area contributed by atoms with Crippen molar-refractivity contribution in [3.8, 4) is 22.7 Å². The lowest BCUT2D eigenvalue weighted by Gasteiger charge is -2.05. The van der Waals surface area contributed by atoms with Crippen LogP contribution in [0.5, 0.6) is 5.75 Å². The van der Waals surface area contributed by atoms with Gasteiger partial charge in [-0.3, -0.25) is 4.79 Å². The minimum atomic E-state index is -2.90. The van der Waals surface area contributed by atoms with E-state index in [2.05, 4.69) is 32.0 Å². The summed E-state index contributed by atoms with van der Waals surface area (Å²) in [6.07, 6.45) is 5.26.